The van der Waals surface area contributed by atoms with E-state index in [0.717, 1.165) is 4.90 Å². The summed E-state index contributed by atoms with van der Waals surface area (Å²) in [6.07, 6.45) is -1.48. The fraction of sp³-hybridized carbons (Fsp3) is 0.484. The molecule has 0 radical (unpaired) electrons. The number of esters is 1. The van der Waals surface area contributed by atoms with Crippen LogP contribution in [-0.2, 0) is 19.0 Å². The normalized spacial score (nSPS) is 19.1. The number of carbonyl (C=O) groups is 4. The number of amides is 3. The molecule has 2 aromatic carbocycles. The largest absolute Gasteiger partial charge is 0.443 e. The van der Waals surface area contributed by atoms with Crippen LogP contribution in [0.25, 0.3) is 0 Å². The monoisotopic (exact) mass is 552 g/mol. The van der Waals surface area contributed by atoms with Gasteiger partial charge in [-0.25, -0.2) is 19.3 Å². The van der Waals surface area contributed by atoms with Crippen LogP contribution in [0.5, 0.6) is 0 Å². The van der Waals surface area contributed by atoms with Crippen molar-refractivity contribution < 1.29 is 33.4 Å². The SMILES string of the molecule is CC(C)(C)OC(=O)N(CCCC[C@@]1(C)C(=O)O[C@@H](c2ccccc2)N1C(=O)c1ccccc1)C(=O)OC(C)(C)C. The number of hydrogen-bond acceptors (Lipinski definition) is 7. The maximum Gasteiger partial charge on any atom is 0.419 e. The highest BCUT2D eigenvalue weighted by Crippen LogP contribution is 2.42. The Morgan fingerprint density at radius 1 is 0.850 bits per heavy atom. The van der Waals surface area contributed by atoms with Gasteiger partial charge in [-0.15, -0.1) is 0 Å². The zero-order valence-electron chi connectivity index (χ0n) is 24.4. The van der Waals surface area contributed by atoms with E-state index in [2.05, 4.69) is 0 Å². The quantitative estimate of drug-likeness (QED) is 0.220. The van der Waals surface area contributed by atoms with Crippen LogP contribution in [0, 0.1) is 0 Å². The number of benzene rings is 2. The minimum Gasteiger partial charge on any atom is -0.443 e. The number of cyclic esters (lactones) is 1. The van der Waals surface area contributed by atoms with E-state index in [4.69, 9.17) is 14.2 Å². The molecule has 1 saturated heterocycles. The summed E-state index contributed by atoms with van der Waals surface area (Å²) in [5.41, 5.74) is -1.75. The Balaban J connectivity index is 1.80. The second-order valence-corrected chi connectivity index (χ2v) is 12.1. The van der Waals surface area contributed by atoms with Gasteiger partial charge in [-0.1, -0.05) is 48.5 Å². The van der Waals surface area contributed by atoms with Crippen LogP contribution in [0.3, 0.4) is 0 Å². The number of ether oxygens (including phenoxy) is 3. The first kappa shape index (κ1) is 30.7. The van der Waals surface area contributed by atoms with E-state index >= 15 is 0 Å². The van der Waals surface area contributed by atoms with Gasteiger partial charge in [-0.05, 0) is 79.9 Å². The van der Waals surface area contributed by atoms with Gasteiger partial charge in [-0.2, -0.15) is 0 Å². The van der Waals surface area contributed by atoms with Gasteiger partial charge >= 0.3 is 18.2 Å². The minimum absolute atomic E-state index is 0.0176. The van der Waals surface area contributed by atoms with Crippen molar-refractivity contribution in [3.8, 4) is 0 Å². The molecule has 1 aliphatic rings. The van der Waals surface area contributed by atoms with Gasteiger partial charge in [0.25, 0.3) is 5.91 Å². The first-order valence-electron chi connectivity index (χ1n) is 13.5. The Hall–Kier alpha value is -3.88. The minimum atomic E-state index is -1.27. The van der Waals surface area contributed by atoms with E-state index in [1.165, 1.54) is 4.90 Å². The molecular formula is C31H40N2O7. The van der Waals surface area contributed by atoms with Gasteiger partial charge in [0.05, 0.1) is 0 Å². The van der Waals surface area contributed by atoms with Crippen LogP contribution in [0.15, 0.2) is 60.7 Å². The van der Waals surface area contributed by atoms with Gasteiger partial charge < -0.3 is 14.2 Å². The Morgan fingerprint density at radius 2 is 1.35 bits per heavy atom. The van der Waals surface area contributed by atoms with Gasteiger partial charge in [0.1, 0.15) is 16.7 Å². The molecule has 0 bridgehead atoms. The zero-order chi connectivity index (χ0) is 29.7. The molecule has 1 heterocycles. The average Bonchev–Trinajstić information content (AvgIpc) is 3.12. The first-order chi connectivity index (χ1) is 18.6. The second-order valence-electron chi connectivity index (χ2n) is 12.1. The molecule has 3 amide bonds. The van der Waals surface area contributed by atoms with Crippen molar-refractivity contribution in [2.45, 2.75) is 90.7 Å². The molecule has 0 aromatic heterocycles. The summed E-state index contributed by atoms with van der Waals surface area (Å²) >= 11 is 0. The topological polar surface area (TPSA) is 102 Å². The van der Waals surface area contributed by atoms with Crippen molar-refractivity contribution >= 4 is 24.1 Å². The summed E-state index contributed by atoms with van der Waals surface area (Å²) in [4.78, 5) is 55.1. The number of nitrogens with zero attached hydrogens (tertiary/aromatic N) is 2. The van der Waals surface area contributed by atoms with E-state index in [1.807, 2.05) is 36.4 Å². The van der Waals surface area contributed by atoms with Crippen LogP contribution in [0.2, 0.25) is 0 Å². The molecule has 216 valence electrons. The molecule has 0 spiro atoms. The molecule has 0 N–H and O–H groups in total. The van der Waals surface area contributed by atoms with Crippen LogP contribution in [-0.4, -0.2) is 57.1 Å². The third-order valence-corrected chi connectivity index (χ3v) is 6.27. The number of carbonyl (C=O) groups excluding carboxylic acids is 4. The lowest BCUT2D eigenvalue weighted by Crippen LogP contribution is -2.49. The maximum atomic E-state index is 13.7. The Kier molecular flexibility index (Phi) is 9.28. The summed E-state index contributed by atoms with van der Waals surface area (Å²) < 4.78 is 16.6. The molecular weight excluding hydrogens is 512 g/mol. The summed E-state index contributed by atoms with van der Waals surface area (Å²) in [6.45, 7) is 12.0. The number of imide groups is 1. The molecule has 40 heavy (non-hydrogen) atoms. The second kappa shape index (κ2) is 12.1. The molecule has 1 aliphatic heterocycles. The van der Waals surface area contributed by atoms with Crippen molar-refractivity contribution in [3.05, 3.63) is 71.8 Å². The van der Waals surface area contributed by atoms with E-state index < -0.39 is 41.1 Å². The van der Waals surface area contributed by atoms with Gasteiger partial charge in [-0.3, -0.25) is 9.69 Å². The van der Waals surface area contributed by atoms with Crippen molar-refractivity contribution in [2.75, 3.05) is 6.54 Å². The van der Waals surface area contributed by atoms with E-state index in [0.29, 0.717) is 24.0 Å². The number of rotatable bonds is 7. The summed E-state index contributed by atoms with van der Waals surface area (Å²) in [5, 5.41) is 0. The van der Waals surface area contributed by atoms with Gasteiger partial charge in [0, 0.05) is 17.7 Å². The van der Waals surface area contributed by atoms with E-state index in [-0.39, 0.29) is 18.9 Å². The fourth-order valence-electron chi connectivity index (χ4n) is 4.38. The van der Waals surface area contributed by atoms with Crippen molar-refractivity contribution in [1.29, 1.82) is 0 Å². The number of hydrogen-bond donors (Lipinski definition) is 0. The molecule has 3 rings (SSSR count). The highest BCUT2D eigenvalue weighted by Gasteiger charge is 2.54. The van der Waals surface area contributed by atoms with Gasteiger partial charge in [0.2, 0.25) is 6.23 Å². The Bertz CT molecular complexity index is 1170. The maximum absolute atomic E-state index is 13.7. The predicted octanol–water partition coefficient (Wildman–Crippen LogP) is 6.49. The van der Waals surface area contributed by atoms with E-state index in [1.54, 1.807) is 72.7 Å². The molecule has 9 nitrogen and oxygen atoms in total. The Labute approximate surface area is 236 Å². The zero-order valence-corrected chi connectivity index (χ0v) is 24.4. The van der Waals surface area contributed by atoms with Crippen LogP contribution >= 0.6 is 0 Å². The smallest absolute Gasteiger partial charge is 0.419 e. The fourth-order valence-corrected chi connectivity index (χ4v) is 4.38. The third kappa shape index (κ3) is 7.61. The lowest BCUT2D eigenvalue weighted by molar-refractivity contribution is -0.145. The molecule has 9 heteroatoms. The highest BCUT2D eigenvalue weighted by atomic mass is 16.6. The van der Waals surface area contributed by atoms with Crippen molar-refractivity contribution in [3.63, 3.8) is 0 Å². The lowest BCUT2D eigenvalue weighted by Gasteiger charge is -2.34. The molecule has 0 unspecified atom stereocenters. The predicted molar refractivity (Wildman–Crippen MR) is 149 cm³/mol. The van der Waals surface area contributed by atoms with Crippen molar-refractivity contribution in [1.82, 2.24) is 9.80 Å². The molecule has 2 aromatic rings. The van der Waals surface area contributed by atoms with E-state index in [9.17, 15) is 19.2 Å². The highest BCUT2D eigenvalue weighted by molar-refractivity contribution is 5.99. The molecule has 2 atom stereocenters. The summed E-state index contributed by atoms with van der Waals surface area (Å²) in [5.74, 6) is -0.839. The third-order valence-electron chi connectivity index (χ3n) is 6.27. The molecule has 0 aliphatic carbocycles. The molecule has 1 fully saturated rings. The van der Waals surface area contributed by atoms with Crippen molar-refractivity contribution in [2.24, 2.45) is 0 Å². The Morgan fingerprint density at radius 3 is 1.85 bits per heavy atom. The number of unbranched alkanes of at least 4 members (excludes halogenated alkanes) is 1. The first-order valence-corrected chi connectivity index (χ1v) is 13.5. The van der Waals surface area contributed by atoms with Gasteiger partial charge in [0.15, 0.2) is 0 Å². The molecule has 0 saturated carbocycles. The summed E-state index contributed by atoms with van der Waals surface area (Å²) in [6, 6.07) is 17.9. The van der Waals surface area contributed by atoms with Crippen LogP contribution in [0.4, 0.5) is 9.59 Å². The standard InChI is InChI=1S/C31H40N2O7/c1-29(2,3)39-27(36)32(28(37)40-30(4,5)6)21-15-14-20-31(7)26(35)38-25(23-18-12-9-13-19-23)33(31)24(34)22-16-10-8-11-17-22/h8-13,16-19,25H,14-15,20-21H2,1-7H3/t25-,31-/m0/s1. The summed E-state index contributed by atoms with van der Waals surface area (Å²) in [7, 11) is 0. The van der Waals surface area contributed by atoms with Crippen LogP contribution in [0.1, 0.15) is 89.9 Å². The van der Waals surface area contributed by atoms with Crippen LogP contribution < -0.4 is 0 Å². The lowest BCUT2D eigenvalue weighted by atomic mass is 9.92. The average molecular weight is 553 g/mol.